The molecule has 0 aromatic carbocycles. The third-order valence-electron chi connectivity index (χ3n) is 12.7. The fraction of sp³-hybridized carbons (Fsp3) is 1.00. The maximum Gasteiger partial charge on any atom is 0.500 e. The summed E-state index contributed by atoms with van der Waals surface area (Å²) in [6, 6.07) is 4.49. The Morgan fingerprint density at radius 1 is 0.190 bits per heavy atom. The smallest absolute Gasteiger partial charge is 0.377 e. The second-order valence-corrected chi connectivity index (χ2v) is 39.0. The van der Waals surface area contributed by atoms with Crippen molar-refractivity contribution in [2.75, 3.05) is 145 Å². The molecule has 0 spiro atoms. The molecule has 518 valence electrons. The van der Waals surface area contributed by atoms with Gasteiger partial charge in [0.15, 0.2) is 0 Å². The van der Waals surface area contributed by atoms with Gasteiger partial charge in [-0.05, 0) is 81.6 Å². The first-order chi connectivity index (χ1) is 40.1. The Balaban J connectivity index is -0.000000166. The Morgan fingerprint density at radius 3 is 0.571 bits per heavy atom. The van der Waals surface area contributed by atoms with Gasteiger partial charge in [0.05, 0.1) is 0 Å². The first-order valence-corrected chi connectivity index (χ1v) is 45.6. The highest BCUT2D eigenvalue weighted by Gasteiger charge is 2.41. The van der Waals surface area contributed by atoms with Crippen molar-refractivity contribution in [1.82, 2.24) is 0 Å². The zero-order valence-corrected chi connectivity index (χ0v) is 66.9. The summed E-state index contributed by atoms with van der Waals surface area (Å²) in [4.78, 5) is 0. The molecular formula is C56H140O21Si7. The quantitative estimate of drug-likeness (QED) is 0.0412. The van der Waals surface area contributed by atoms with Crippen LogP contribution < -0.4 is 0 Å². The molecule has 0 amide bonds. The van der Waals surface area contributed by atoms with Crippen LogP contribution in [0.25, 0.3) is 0 Å². The van der Waals surface area contributed by atoms with Crippen LogP contribution in [-0.4, -0.2) is 206 Å². The van der Waals surface area contributed by atoms with E-state index in [1.54, 1.807) is 85.3 Å². The van der Waals surface area contributed by atoms with Gasteiger partial charge in [-0.1, -0.05) is 105 Å². The fourth-order valence-corrected chi connectivity index (χ4v) is 19.9. The monoisotopic (exact) mass is 1340 g/mol. The lowest BCUT2D eigenvalue weighted by atomic mass is 10.1. The first-order valence-electron chi connectivity index (χ1n) is 31.5. The molecule has 0 N–H and O–H groups in total. The zero-order chi connectivity index (χ0) is 66.1. The standard InChI is InChI=1S/C12H28O3Si.C11H26O3Si.C9H22O3Si.C8H20O3Si.C7H18O3Si.C5H14O3Si.C4H12O3Si/c1-5-9-10-11-12-16(13-6-2,14-7-3)15-8-4;1-5-6-7-8-9-10-11-15(12-2,13-3)14-4;1-5-6-7-8-9-13(10-2,11-3)12-4;1-5-9-12(8-4,10-6-2)11-7-3;1-5-8-11(4,9-6-2)10-7-3;1-5-9(6-2,7-3)8-4;1-5-8(4,6-2)7-3/h5-12H2,1-4H3;5-11H2,1-4H3;5-9H2,1-4H3;5-8H2,1-4H3;5-7H2,1-4H3;5H2,1-4H3;1-4H3. The van der Waals surface area contributed by atoms with E-state index in [4.69, 9.17) is 92.9 Å². The van der Waals surface area contributed by atoms with Crippen molar-refractivity contribution in [3.63, 3.8) is 0 Å². The van der Waals surface area contributed by atoms with E-state index in [0.717, 1.165) is 49.5 Å². The van der Waals surface area contributed by atoms with Gasteiger partial charge >= 0.3 is 61.6 Å². The van der Waals surface area contributed by atoms with Gasteiger partial charge in [-0.15, -0.1) is 0 Å². The molecule has 84 heavy (non-hydrogen) atoms. The van der Waals surface area contributed by atoms with E-state index in [2.05, 4.69) is 20.8 Å². The first kappa shape index (κ1) is 98.3. The topological polar surface area (TPSA) is 194 Å². The molecule has 0 saturated heterocycles. The second-order valence-electron chi connectivity index (χ2n) is 18.3. The third-order valence-corrected chi connectivity index (χ3v) is 32.0. The Bertz CT molecular complexity index is 1160. The van der Waals surface area contributed by atoms with Gasteiger partial charge in [-0.25, -0.2) is 0 Å². The van der Waals surface area contributed by atoms with E-state index in [0.29, 0.717) is 59.5 Å². The van der Waals surface area contributed by atoms with Crippen LogP contribution in [0.2, 0.25) is 43.3 Å². The van der Waals surface area contributed by atoms with Crippen molar-refractivity contribution >= 4 is 61.6 Å². The molecule has 0 saturated carbocycles. The van der Waals surface area contributed by atoms with Gasteiger partial charge in [-0.2, -0.15) is 0 Å². The van der Waals surface area contributed by atoms with E-state index in [1.807, 2.05) is 89.3 Å². The molecule has 0 aliphatic carbocycles. The van der Waals surface area contributed by atoms with Gasteiger partial charge in [0.2, 0.25) is 0 Å². The van der Waals surface area contributed by atoms with Crippen LogP contribution in [0, 0.1) is 0 Å². The van der Waals surface area contributed by atoms with Crippen molar-refractivity contribution in [3.05, 3.63) is 0 Å². The van der Waals surface area contributed by atoms with E-state index < -0.39 is 61.6 Å². The molecule has 0 heterocycles. The molecule has 0 rings (SSSR count). The maximum absolute atomic E-state index is 5.79. The van der Waals surface area contributed by atoms with E-state index in [-0.39, 0.29) is 0 Å². The average molecular weight is 1350 g/mol. The Morgan fingerprint density at radius 2 is 0.393 bits per heavy atom. The lowest BCUT2D eigenvalue weighted by Gasteiger charge is -2.28. The molecule has 0 fully saturated rings. The number of hydrogen-bond acceptors (Lipinski definition) is 21. The Hall–Kier alpha value is 0.678. The molecule has 0 atom stereocenters. The van der Waals surface area contributed by atoms with Crippen LogP contribution in [-0.2, 0) is 92.9 Å². The highest BCUT2D eigenvalue weighted by molar-refractivity contribution is 6.62. The molecule has 0 radical (unpaired) electrons. The molecule has 21 nitrogen and oxygen atoms in total. The van der Waals surface area contributed by atoms with Crippen molar-refractivity contribution in [3.8, 4) is 0 Å². The number of rotatable bonds is 49. The minimum Gasteiger partial charge on any atom is -0.377 e. The minimum absolute atomic E-state index is 0.655. The number of hydrogen-bond donors (Lipinski definition) is 0. The molecule has 0 unspecified atom stereocenters. The Labute approximate surface area is 526 Å². The molecular weight excluding hydrogens is 1210 g/mol. The molecule has 0 aromatic rings. The van der Waals surface area contributed by atoms with Gasteiger partial charge in [0.1, 0.15) is 0 Å². The van der Waals surface area contributed by atoms with Gasteiger partial charge < -0.3 is 92.9 Å². The second kappa shape index (κ2) is 68.1. The summed E-state index contributed by atoms with van der Waals surface area (Å²) in [6.07, 6.45) is 17.6. The largest absolute Gasteiger partial charge is 0.500 e. The zero-order valence-electron chi connectivity index (χ0n) is 59.9. The van der Waals surface area contributed by atoms with Crippen LogP contribution in [0.15, 0.2) is 0 Å². The van der Waals surface area contributed by atoms with Crippen molar-refractivity contribution in [2.24, 2.45) is 0 Å². The molecule has 0 bridgehead atoms. The van der Waals surface area contributed by atoms with Crippen LogP contribution in [0.1, 0.15) is 187 Å². The van der Waals surface area contributed by atoms with Crippen LogP contribution in [0.5, 0.6) is 0 Å². The minimum atomic E-state index is -2.35. The molecule has 0 aliphatic rings. The maximum atomic E-state index is 5.79. The third kappa shape index (κ3) is 53.4. The lowest BCUT2D eigenvalue weighted by Crippen LogP contribution is -2.45. The van der Waals surface area contributed by atoms with Crippen molar-refractivity contribution in [2.45, 2.75) is 230 Å². The van der Waals surface area contributed by atoms with Crippen molar-refractivity contribution in [1.29, 1.82) is 0 Å². The summed E-state index contributed by atoms with van der Waals surface area (Å²) in [5, 5.41) is 0. The van der Waals surface area contributed by atoms with Gasteiger partial charge in [0.25, 0.3) is 0 Å². The molecule has 28 heteroatoms. The van der Waals surface area contributed by atoms with Gasteiger partial charge in [0, 0.05) is 188 Å². The van der Waals surface area contributed by atoms with Crippen LogP contribution in [0.4, 0.5) is 0 Å². The SMILES string of the molecule is CCCCCCCC[Si](OC)(OC)OC.CCCCCC[Si](OC)(OC)OC.CCCCCC[Si](OCC)(OCC)OCC.CCO[Si](C)(OCC)OCC.CCO[Si](CC)(OCC)OCC.CC[Si](OC)(OC)OC.CO[Si](C)(OC)OC. The predicted molar refractivity (Wildman–Crippen MR) is 358 cm³/mol. The van der Waals surface area contributed by atoms with Crippen LogP contribution >= 0.6 is 0 Å². The average Bonchev–Trinajstić information content (AvgIpc) is 3.55. The highest BCUT2D eigenvalue weighted by Crippen LogP contribution is 2.22. The summed E-state index contributed by atoms with van der Waals surface area (Å²) in [5.41, 5.74) is 0. The van der Waals surface area contributed by atoms with Gasteiger partial charge in [-0.3, -0.25) is 0 Å². The summed E-state index contributed by atoms with van der Waals surface area (Å²) >= 11 is 0. The highest BCUT2D eigenvalue weighted by atomic mass is 28.4. The van der Waals surface area contributed by atoms with E-state index in [1.165, 1.54) is 70.6 Å². The molecule has 0 aromatic heterocycles. The molecule has 0 aliphatic heterocycles. The summed E-state index contributed by atoms with van der Waals surface area (Å²) in [5.74, 6) is 0. The van der Waals surface area contributed by atoms with E-state index >= 15 is 0 Å². The fourth-order valence-electron chi connectivity index (χ4n) is 7.71. The number of unbranched alkanes of at least 4 members (excludes halogenated alkanes) is 11. The summed E-state index contributed by atoms with van der Waals surface area (Å²) < 4.78 is 112. The Kier molecular flexibility index (Phi) is 79.6. The van der Waals surface area contributed by atoms with Crippen molar-refractivity contribution < 1.29 is 92.9 Å². The summed E-state index contributed by atoms with van der Waals surface area (Å²) in [6.45, 7) is 38.2. The lowest BCUT2D eigenvalue weighted by molar-refractivity contribution is 0.0703. The van der Waals surface area contributed by atoms with Crippen LogP contribution in [0.3, 0.4) is 0 Å². The summed E-state index contributed by atoms with van der Waals surface area (Å²) in [7, 11) is 3.84. The predicted octanol–water partition coefficient (Wildman–Crippen LogP) is 14.4. The normalized spacial score (nSPS) is 12.0. The van der Waals surface area contributed by atoms with E-state index in [9.17, 15) is 0 Å².